The Morgan fingerprint density at radius 1 is 0.889 bits per heavy atom. The molecule has 186 valence electrons. The quantitative estimate of drug-likeness (QED) is 0.386. The molecule has 8 heteroatoms. The molecule has 0 aliphatic carbocycles. The third kappa shape index (κ3) is 5.95. The number of rotatable bonds is 7. The molecule has 8 nitrogen and oxygen atoms in total. The van der Waals surface area contributed by atoms with Crippen molar-refractivity contribution in [1.82, 2.24) is 9.80 Å². The third-order valence-corrected chi connectivity index (χ3v) is 6.39. The number of anilines is 1. The van der Waals surface area contributed by atoms with Gasteiger partial charge < -0.3 is 24.8 Å². The Morgan fingerprint density at radius 2 is 1.69 bits per heavy atom. The molecule has 0 atom stereocenters. The van der Waals surface area contributed by atoms with E-state index in [1.54, 1.807) is 18.2 Å². The van der Waals surface area contributed by atoms with Gasteiger partial charge in [0.25, 0.3) is 0 Å². The molecule has 3 aromatic carbocycles. The van der Waals surface area contributed by atoms with E-state index in [4.69, 9.17) is 14.5 Å². The zero-order valence-corrected chi connectivity index (χ0v) is 20.1. The van der Waals surface area contributed by atoms with Crippen LogP contribution in [0, 0.1) is 0 Å². The topological polar surface area (TPSA) is 86.6 Å². The number of fused-ring (bicyclic) bond motifs is 1. The minimum absolute atomic E-state index is 0.247. The van der Waals surface area contributed by atoms with Crippen LogP contribution < -0.4 is 14.8 Å². The van der Waals surface area contributed by atoms with Crippen molar-refractivity contribution in [3.63, 3.8) is 0 Å². The predicted molar refractivity (Wildman–Crippen MR) is 139 cm³/mol. The average molecular weight is 487 g/mol. The maximum absolute atomic E-state index is 11.4. The number of hydrogen-bond donors (Lipinski definition) is 2. The van der Waals surface area contributed by atoms with E-state index >= 15 is 0 Å². The minimum Gasteiger partial charge on any atom is -0.478 e. The van der Waals surface area contributed by atoms with Crippen molar-refractivity contribution in [2.24, 2.45) is 4.99 Å². The first-order valence-electron chi connectivity index (χ1n) is 12.2. The summed E-state index contributed by atoms with van der Waals surface area (Å²) < 4.78 is 10.9. The Bertz CT molecular complexity index is 1220. The van der Waals surface area contributed by atoms with E-state index in [-0.39, 0.29) is 12.4 Å². The molecule has 0 aromatic heterocycles. The SMILES string of the molecule is O=C(O)c1cccc(NC(=NCCc2ccccc2)N2CCN(Cc3ccc4c(c3)OCO4)CC2)c1. The predicted octanol–water partition coefficient (Wildman–Crippen LogP) is 3.94. The first-order chi connectivity index (χ1) is 17.6. The number of aromatic carboxylic acids is 1. The van der Waals surface area contributed by atoms with E-state index in [2.05, 4.69) is 39.4 Å². The molecule has 2 heterocycles. The minimum atomic E-state index is -0.946. The second-order valence-corrected chi connectivity index (χ2v) is 8.90. The number of carboxylic acids is 1. The molecule has 36 heavy (non-hydrogen) atoms. The Hall–Kier alpha value is -4.04. The number of hydrogen-bond acceptors (Lipinski definition) is 5. The fraction of sp³-hybridized carbons (Fsp3) is 0.286. The number of carboxylic acid groups (broad SMARTS) is 1. The maximum atomic E-state index is 11.4. The number of nitrogens with zero attached hydrogens (tertiary/aromatic N) is 3. The van der Waals surface area contributed by atoms with Crippen LogP contribution in [-0.2, 0) is 13.0 Å². The van der Waals surface area contributed by atoms with Gasteiger partial charge in [0.15, 0.2) is 17.5 Å². The fourth-order valence-corrected chi connectivity index (χ4v) is 4.43. The van der Waals surface area contributed by atoms with E-state index < -0.39 is 5.97 Å². The van der Waals surface area contributed by atoms with Crippen molar-refractivity contribution < 1.29 is 19.4 Å². The number of benzene rings is 3. The molecule has 1 fully saturated rings. The van der Waals surface area contributed by atoms with Gasteiger partial charge >= 0.3 is 5.97 Å². The maximum Gasteiger partial charge on any atom is 0.335 e. The van der Waals surface area contributed by atoms with Crippen molar-refractivity contribution in [3.8, 4) is 11.5 Å². The van der Waals surface area contributed by atoms with E-state index in [9.17, 15) is 9.90 Å². The lowest BCUT2D eigenvalue weighted by Gasteiger charge is -2.36. The Morgan fingerprint density at radius 3 is 2.50 bits per heavy atom. The standard InChI is InChI=1S/C28H30N4O4/c33-27(34)23-7-4-8-24(18-23)30-28(29-12-11-21-5-2-1-3-6-21)32-15-13-31(14-16-32)19-22-9-10-25-26(17-22)36-20-35-25/h1-10,17-18H,11-16,19-20H2,(H,29,30)(H,33,34). The lowest BCUT2D eigenvalue weighted by molar-refractivity contribution is 0.0697. The molecule has 2 aliphatic rings. The van der Waals surface area contributed by atoms with E-state index in [1.165, 1.54) is 11.1 Å². The number of aliphatic imine (C=N–C) groups is 1. The molecule has 0 radical (unpaired) electrons. The first kappa shape index (κ1) is 23.7. The van der Waals surface area contributed by atoms with Gasteiger partial charge in [0, 0.05) is 45.0 Å². The van der Waals surface area contributed by atoms with Gasteiger partial charge in [0.05, 0.1) is 5.56 Å². The smallest absolute Gasteiger partial charge is 0.335 e. The van der Waals surface area contributed by atoms with E-state index in [0.717, 1.165) is 62.3 Å². The lowest BCUT2D eigenvalue weighted by atomic mass is 10.1. The zero-order valence-electron chi connectivity index (χ0n) is 20.1. The summed E-state index contributed by atoms with van der Waals surface area (Å²) in [6.45, 7) is 5.19. The van der Waals surface area contributed by atoms with E-state index in [0.29, 0.717) is 6.54 Å². The number of guanidine groups is 1. The highest BCUT2D eigenvalue weighted by molar-refractivity contribution is 5.95. The zero-order chi connectivity index (χ0) is 24.7. The second-order valence-electron chi connectivity index (χ2n) is 8.90. The van der Waals surface area contributed by atoms with Gasteiger partial charge in [-0.05, 0) is 47.9 Å². The Balaban J connectivity index is 1.24. The number of nitrogens with one attached hydrogen (secondary N) is 1. The van der Waals surface area contributed by atoms with Crippen molar-refractivity contribution in [3.05, 3.63) is 89.5 Å². The van der Waals surface area contributed by atoms with Gasteiger partial charge in [-0.2, -0.15) is 0 Å². The lowest BCUT2D eigenvalue weighted by Crippen LogP contribution is -2.50. The molecule has 1 saturated heterocycles. The monoisotopic (exact) mass is 486 g/mol. The van der Waals surface area contributed by atoms with Crippen LogP contribution in [0.2, 0.25) is 0 Å². The summed E-state index contributed by atoms with van der Waals surface area (Å²) in [6.07, 6.45) is 0.839. The average Bonchev–Trinajstić information content (AvgIpc) is 3.37. The second kappa shape index (κ2) is 11.1. The molecule has 3 aromatic rings. The van der Waals surface area contributed by atoms with Gasteiger partial charge in [-0.25, -0.2) is 4.79 Å². The molecule has 0 bridgehead atoms. The normalized spacial score (nSPS) is 15.7. The molecule has 0 saturated carbocycles. The van der Waals surface area contributed by atoms with Crippen molar-refractivity contribution in [2.75, 3.05) is 44.8 Å². The fourth-order valence-electron chi connectivity index (χ4n) is 4.43. The number of ether oxygens (including phenoxy) is 2. The number of carbonyl (C=O) groups is 1. The summed E-state index contributed by atoms with van der Waals surface area (Å²) in [7, 11) is 0. The molecule has 2 N–H and O–H groups in total. The van der Waals surface area contributed by atoms with Gasteiger partial charge in [-0.3, -0.25) is 9.89 Å². The van der Waals surface area contributed by atoms with Crippen LogP contribution in [0.15, 0.2) is 77.8 Å². The summed E-state index contributed by atoms with van der Waals surface area (Å²) in [6, 6.07) is 23.3. The van der Waals surface area contributed by atoms with Crippen LogP contribution in [-0.4, -0.2) is 66.4 Å². The van der Waals surface area contributed by atoms with Crippen molar-refractivity contribution >= 4 is 17.6 Å². The largest absolute Gasteiger partial charge is 0.478 e. The van der Waals surface area contributed by atoms with Gasteiger partial charge in [0.1, 0.15) is 0 Å². The molecule has 5 rings (SSSR count). The van der Waals surface area contributed by atoms with Gasteiger partial charge in [-0.15, -0.1) is 0 Å². The highest BCUT2D eigenvalue weighted by atomic mass is 16.7. The summed E-state index contributed by atoms with van der Waals surface area (Å²) in [5.74, 6) is 1.44. The van der Waals surface area contributed by atoms with Crippen LogP contribution in [0.3, 0.4) is 0 Å². The van der Waals surface area contributed by atoms with Crippen LogP contribution in [0.4, 0.5) is 5.69 Å². The van der Waals surface area contributed by atoms with Crippen LogP contribution in [0.25, 0.3) is 0 Å². The van der Waals surface area contributed by atoms with Crippen LogP contribution in [0.5, 0.6) is 11.5 Å². The first-order valence-corrected chi connectivity index (χ1v) is 12.2. The third-order valence-electron chi connectivity index (χ3n) is 6.39. The highest BCUT2D eigenvalue weighted by Crippen LogP contribution is 2.32. The summed E-state index contributed by atoms with van der Waals surface area (Å²) in [5, 5.41) is 12.8. The molecular weight excluding hydrogens is 456 g/mol. The van der Waals surface area contributed by atoms with Gasteiger partial charge in [0.2, 0.25) is 6.79 Å². The Labute approximate surface area is 210 Å². The summed E-state index contributed by atoms with van der Waals surface area (Å²) in [4.78, 5) is 21.0. The van der Waals surface area contributed by atoms with Crippen LogP contribution in [0.1, 0.15) is 21.5 Å². The number of piperazine rings is 1. The van der Waals surface area contributed by atoms with Crippen molar-refractivity contribution in [1.29, 1.82) is 0 Å². The molecule has 0 amide bonds. The van der Waals surface area contributed by atoms with Crippen molar-refractivity contribution in [2.45, 2.75) is 13.0 Å². The highest BCUT2D eigenvalue weighted by Gasteiger charge is 2.21. The van der Waals surface area contributed by atoms with Gasteiger partial charge in [-0.1, -0.05) is 42.5 Å². The summed E-state index contributed by atoms with van der Waals surface area (Å²) in [5.41, 5.74) is 3.41. The van der Waals surface area contributed by atoms with E-state index in [1.807, 2.05) is 30.3 Å². The molecule has 2 aliphatic heterocycles. The Kier molecular flexibility index (Phi) is 7.33. The molecule has 0 unspecified atom stereocenters. The van der Waals surface area contributed by atoms with Crippen LogP contribution >= 0.6 is 0 Å². The molecule has 0 spiro atoms. The summed E-state index contributed by atoms with van der Waals surface area (Å²) >= 11 is 0. The molecular formula is C28H30N4O4.